The van der Waals surface area contributed by atoms with Crippen molar-refractivity contribution in [3.63, 3.8) is 0 Å². The highest BCUT2D eigenvalue weighted by molar-refractivity contribution is 14.1. The highest BCUT2D eigenvalue weighted by atomic mass is 127. The Morgan fingerprint density at radius 3 is 2.57 bits per heavy atom. The van der Waals surface area contributed by atoms with Crippen molar-refractivity contribution in [2.24, 2.45) is 0 Å². The van der Waals surface area contributed by atoms with Crippen molar-refractivity contribution in [3.8, 4) is 0 Å². The van der Waals surface area contributed by atoms with E-state index >= 15 is 0 Å². The van der Waals surface area contributed by atoms with Gasteiger partial charge < -0.3 is 10.1 Å². The lowest BCUT2D eigenvalue weighted by molar-refractivity contribution is 0.0689. The molecule has 0 radical (unpaired) electrons. The van der Waals surface area contributed by atoms with Crippen LogP contribution >= 0.6 is 22.6 Å². The molecule has 1 heterocycles. The average molecular weight is 315 g/mol. The number of alkyl halides is 2. The molecule has 14 heavy (non-hydrogen) atoms. The van der Waals surface area contributed by atoms with E-state index in [0.717, 1.165) is 6.07 Å². The Kier molecular flexibility index (Phi) is 3.19. The molecule has 76 valence electrons. The van der Waals surface area contributed by atoms with Gasteiger partial charge in [-0.05, 0) is 28.7 Å². The molecule has 7 heteroatoms. The molecule has 0 aliphatic heterocycles. The van der Waals surface area contributed by atoms with Gasteiger partial charge in [0.15, 0.2) is 0 Å². The number of carbonyl (C=O) groups is 1. The van der Waals surface area contributed by atoms with E-state index in [2.05, 4.69) is 0 Å². The van der Waals surface area contributed by atoms with Gasteiger partial charge in [-0.2, -0.15) is 0 Å². The van der Waals surface area contributed by atoms with E-state index < -0.39 is 29.2 Å². The summed E-state index contributed by atoms with van der Waals surface area (Å²) in [7, 11) is 0. The molecule has 0 spiro atoms. The number of carboxylic acids is 1. The summed E-state index contributed by atoms with van der Waals surface area (Å²) >= 11 is 1.44. The van der Waals surface area contributed by atoms with E-state index in [1.54, 1.807) is 0 Å². The second-order valence-electron chi connectivity index (χ2n) is 2.39. The lowest BCUT2D eigenvalue weighted by Gasteiger charge is -2.03. The zero-order valence-corrected chi connectivity index (χ0v) is 8.71. The molecular formula is C7H4F2INO3. The van der Waals surface area contributed by atoms with Crippen molar-refractivity contribution in [3.05, 3.63) is 31.2 Å². The Morgan fingerprint density at radius 2 is 2.14 bits per heavy atom. The lowest BCUT2D eigenvalue weighted by atomic mass is 10.2. The number of aromatic amines is 1. The first kappa shape index (κ1) is 11.1. The van der Waals surface area contributed by atoms with E-state index in [4.69, 9.17) is 5.11 Å². The standard InChI is InChI=1S/C7H4F2INO3/c8-5(9)2-1-3(7(13)14)11-6(12)4(2)10/h1,5H,(H,11,12)(H,13,14). The maximum Gasteiger partial charge on any atom is 0.352 e. The van der Waals surface area contributed by atoms with Gasteiger partial charge in [-0.3, -0.25) is 4.79 Å². The van der Waals surface area contributed by atoms with Gasteiger partial charge in [0.1, 0.15) is 5.69 Å². The molecule has 0 fully saturated rings. The molecule has 0 amide bonds. The Bertz CT molecular complexity index is 429. The molecule has 1 aromatic rings. The van der Waals surface area contributed by atoms with Gasteiger partial charge in [-0.1, -0.05) is 0 Å². The van der Waals surface area contributed by atoms with E-state index in [9.17, 15) is 18.4 Å². The first-order valence-corrected chi connectivity index (χ1v) is 4.45. The van der Waals surface area contributed by atoms with Crippen LogP contribution in [0.1, 0.15) is 22.5 Å². The van der Waals surface area contributed by atoms with Crippen molar-refractivity contribution in [1.29, 1.82) is 0 Å². The van der Waals surface area contributed by atoms with E-state index in [1.165, 1.54) is 22.6 Å². The number of carboxylic acid groups (broad SMARTS) is 1. The van der Waals surface area contributed by atoms with Crippen molar-refractivity contribution in [2.45, 2.75) is 6.43 Å². The van der Waals surface area contributed by atoms with Gasteiger partial charge in [0.2, 0.25) is 0 Å². The Labute approximate surface area is 90.1 Å². The van der Waals surface area contributed by atoms with E-state index in [-0.39, 0.29) is 3.57 Å². The van der Waals surface area contributed by atoms with Crippen LogP contribution in [-0.2, 0) is 0 Å². The summed E-state index contributed by atoms with van der Waals surface area (Å²) in [5, 5.41) is 8.49. The molecule has 0 unspecified atom stereocenters. The minimum Gasteiger partial charge on any atom is -0.477 e. The minimum atomic E-state index is -2.86. The summed E-state index contributed by atoms with van der Waals surface area (Å²) in [6.07, 6.45) is -2.86. The fourth-order valence-electron chi connectivity index (χ4n) is 0.837. The second kappa shape index (κ2) is 4.03. The quantitative estimate of drug-likeness (QED) is 0.815. The maximum absolute atomic E-state index is 12.3. The molecule has 1 rings (SSSR count). The summed E-state index contributed by atoms with van der Waals surface area (Å²) in [5.74, 6) is -1.44. The normalized spacial score (nSPS) is 10.6. The van der Waals surface area contributed by atoms with Crippen LogP contribution in [0.5, 0.6) is 0 Å². The number of pyridine rings is 1. The maximum atomic E-state index is 12.3. The smallest absolute Gasteiger partial charge is 0.352 e. The van der Waals surface area contributed by atoms with Crippen LogP contribution in [0, 0.1) is 3.57 Å². The molecule has 0 aliphatic rings. The molecular weight excluding hydrogens is 311 g/mol. The minimum absolute atomic E-state index is 0.192. The van der Waals surface area contributed by atoms with Crippen molar-refractivity contribution in [2.75, 3.05) is 0 Å². The number of aromatic nitrogens is 1. The number of halogens is 3. The fourth-order valence-corrected chi connectivity index (χ4v) is 1.36. The van der Waals surface area contributed by atoms with Crippen LogP contribution in [0.2, 0.25) is 0 Å². The predicted molar refractivity (Wildman–Crippen MR) is 51.7 cm³/mol. The van der Waals surface area contributed by atoms with Gasteiger partial charge >= 0.3 is 5.97 Å². The van der Waals surface area contributed by atoms with Crippen LogP contribution in [0.15, 0.2) is 10.9 Å². The number of nitrogens with one attached hydrogen (secondary N) is 1. The Morgan fingerprint density at radius 1 is 1.57 bits per heavy atom. The number of hydrogen-bond acceptors (Lipinski definition) is 2. The van der Waals surface area contributed by atoms with Crippen molar-refractivity contribution in [1.82, 2.24) is 4.98 Å². The first-order chi connectivity index (χ1) is 6.43. The summed E-state index contributed by atoms with van der Waals surface area (Å²) in [6, 6.07) is 0.760. The van der Waals surface area contributed by atoms with Crippen LogP contribution in [0.25, 0.3) is 0 Å². The predicted octanol–water partition coefficient (Wildman–Crippen LogP) is 1.62. The topological polar surface area (TPSA) is 70.2 Å². The van der Waals surface area contributed by atoms with Crippen LogP contribution in [0.3, 0.4) is 0 Å². The van der Waals surface area contributed by atoms with Crippen LogP contribution in [0.4, 0.5) is 8.78 Å². The van der Waals surface area contributed by atoms with E-state index in [1.807, 2.05) is 4.98 Å². The summed E-state index contributed by atoms with van der Waals surface area (Å²) in [6.45, 7) is 0. The summed E-state index contributed by atoms with van der Waals surface area (Å²) in [4.78, 5) is 23.4. The third-order valence-electron chi connectivity index (χ3n) is 1.47. The van der Waals surface area contributed by atoms with Crippen molar-refractivity contribution >= 4 is 28.6 Å². The van der Waals surface area contributed by atoms with Crippen molar-refractivity contribution < 1.29 is 18.7 Å². The molecule has 1 aromatic heterocycles. The molecule has 0 saturated carbocycles. The summed E-state index contributed by atoms with van der Waals surface area (Å²) in [5.41, 5.74) is -1.92. The Balaban J connectivity index is 3.43. The number of aromatic carboxylic acids is 1. The first-order valence-electron chi connectivity index (χ1n) is 3.37. The van der Waals surface area contributed by atoms with E-state index in [0.29, 0.717) is 0 Å². The van der Waals surface area contributed by atoms with Crippen LogP contribution < -0.4 is 5.56 Å². The van der Waals surface area contributed by atoms with Gasteiger partial charge in [-0.15, -0.1) is 0 Å². The molecule has 0 aromatic carbocycles. The van der Waals surface area contributed by atoms with Gasteiger partial charge in [0.05, 0.1) is 3.57 Å². The number of H-pyrrole nitrogens is 1. The monoisotopic (exact) mass is 315 g/mol. The molecule has 0 saturated heterocycles. The van der Waals surface area contributed by atoms with Crippen LogP contribution in [-0.4, -0.2) is 16.1 Å². The molecule has 0 atom stereocenters. The highest BCUT2D eigenvalue weighted by Gasteiger charge is 2.17. The van der Waals surface area contributed by atoms with Gasteiger partial charge in [-0.25, -0.2) is 13.6 Å². The summed E-state index contributed by atoms with van der Waals surface area (Å²) < 4.78 is 24.4. The third-order valence-corrected chi connectivity index (χ3v) is 2.58. The molecule has 4 nitrogen and oxygen atoms in total. The SMILES string of the molecule is O=C(O)c1cc(C(F)F)c(I)c(=O)[nH]1. The number of rotatable bonds is 2. The largest absolute Gasteiger partial charge is 0.477 e. The highest BCUT2D eigenvalue weighted by Crippen LogP contribution is 2.22. The second-order valence-corrected chi connectivity index (χ2v) is 3.47. The zero-order valence-electron chi connectivity index (χ0n) is 6.55. The lowest BCUT2D eigenvalue weighted by Crippen LogP contribution is -2.18. The average Bonchev–Trinajstić information content (AvgIpc) is 2.08. The third kappa shape index (κ3) is 2.08. The molecule has 0 bridgehead atoms. The molecule has 0 aliphatic carbocycles. The zero-order chi connectivity index (χ0) is 10.9. The van der Waals surface area contributed by atoms with Gasteiger partial charge in [0.25, 0.3) is 12.0 Å². The fraction of sp³-hybridized carbons (Fsp3) is 0.143. The molecule has 2 N–H and O–H groups in total. The van der Waals surface area contributed by atoms with Gasteiger partial charge in [0, 0.05) is 5.56 Å². The number of hydrogen-bond donors (Lipinski definition) is 2. The Hall–Kier alpha value is -0.990.